The first kappa shape index (κ1) is 14.5. The van der Waals surface area contributed by atoms with E-state index in [1.54, 1.807) is 0 Å². The molecule has 0 atom stereocenters. The Morgan fingerprint density at radius 1 is 0.950 bits per heavy atom. The topological polar surface area (TPSA) is 15.3 Å². The second-order valence-electron chi connectivity index (χ2n) is 5.02. The summed E-state index contributed by atoms with van der Waals surface area (Å²) in [7, 11) is 4.01. The van der Waals surface area contributed by atoms with E-state index < -0.39 is 11.6 Å². The standard InChI is InChI=1S/C16H18F2N2/c1-20(2)11-13-6-4-3-5-12(13)10-19-16-8-14(17)7-15(18)9-16/h3-9,19H,10-11H2,1-2H3. The first-order valence-corrected chi connectivity index (χ1v) is 6.46. The molecule has 0 saturated carbocycles. The highest BCUT2D eigenvalue weighted by molar-refractivity contribution is 5.45. The summed E-state index contributed by atoms with van der Waals surface area (Å²) in [6, 6.07) is 11.5. The molecule has 2 rings (SSSR count). The average molecular weight is 276 g/mol. The summed E-state index contributed by atoms with van der Waals surface area (Å²) in [6.45, 7) is 1.36. The minimum Gasteiger partial charge on any atom is -0.381 e. The van der Waals surface area contributed by atoms with Crippen LogP contribution in [-0.2, 0) is 13.1 Å². The molecule has 0 amide bonds. The Kier molecular flexibility index (Phi) is 4.69. The van der Waals surface area contributed by atoms with Gasteiger partial charge in [0.25, 0.3) is 0 Å². The monoisotopic (exact) mass is 276 g/mol. The summed E-state index contributed by atoms with van der Waals surface area (Å²) >= 11 is 0. The van der Waals surface area contributed by atoms with Crippen molar-refractivity contribution in [2.45, 2.75) is 13.1 Å². The fourth-order valence-corrected chi connectivity index (χ4v) is 2.08. The third kappa shape index (κ3) is 4.03. The zero-order chi connectivity index (χ0) is 14.5. The molecule has 0 saturated heterocycles. The molecule has 1 N–H and O–H groups in total. The third-order valence-corrected chi connectivity index (χ3v) is 2.95. The minimum absolute atomic E-state index is 0.446. The maximum atomic E-state index is 13.1. The van der Waals surface area contributed by atoms with Crippen LogP contribution in [0.15, 0.2) is 42.5 Å². The van der Waals surface area contributed by atoms with E-state index in [0.717, 1.165) is 18.2 Å². The molecule has 0 bridgehead atoms. The lowest BCUT2D eigenvalue weighted by atomic mass is 10.1. The van der Waals surface area contributed by atoms with Crippen molar-refractivity contribution >= 4 is 5.69 Å². The van der Waals surface area contributed by atoms with Crippen molar-refractivity contribution in [2.24, 2.45) is 0 Å². The van der Waals surface area contributed by atoms with Crippen molar-refractivity contribution in [3.63, 3.8) is 0 Å². The van der Waals surface area contributed by atoms with Gasteiger partial charge in [-0.1, -0.05) is 24.3 Å². The lowest BCUT2D eigenvalue weighted by molar-refractivity contribution is 0.401. The second kappa shape index (κ2) is 6.48. The maximum Gasteiger partial charge on any atom is 0.128 e. The number of hydrogen-bond donors (Lipinski definition) is 1. The van der Waals surface area contributed by atoms with E-state index in [4.69, 9.17) is 0 Å². The summed E-state index contributed by atoms with van der Waals surface area (Å²) in [5.41, 5.74) is 2.76. The summed E-state index contributed by atoms with van der Waals surface area (Å²) in [5.74, 6) is -1.15. The van der Waals surface area contributed by atoms with Gasteiger partial charge in [0.05, 0.1) is 0 Å². The number of hydrogen-bond acceptors (Lipinski definition) is 2. The molecule has 0 radical (unpaired) electrons. The molecule has 106 valence electrons. The van der Waals surface area contributed by atoms with Gasteiger partial charge in [-0.05, 0) is 37.4 Å². The molecule has 0 aliphatic carbocycles. The molecule has 0 unspecified atom stereocenters. The summed E-state index contributed by atoms with van der Waals surface area (Å²) in [6.07, 6.45) is 0. The van der Waals surface area contributed by atoms with E-state index in [9.17, 15) is 8.78 Å². The van der Waals surface area contributed by atoms with Crippen molar-refractivity contribution in [1.82, 2.24) is 4.90 Å². The Hall–Kier alpha value is -1.94. The molecule has 2 aromatic carbocycles. The van der Waals surface area contributed by atoms with Crippen LogP contribution in [0, 0.1) is 11.6 Å². The predicted octanol–water partition coefficient (Wildman–Crippen LogP) is 3.64. The molecular weight excluding hydrogens is 258 g/mol. The first-order valence-electron chi connectivity index (χ1n) is 6.46. The zero-order valence-electron chi connectivity index (χ0n) is 11.7. The summed E-state index contributed by atoms with van der Waals surface area (Å²) < 4.78 is 26.2. The normalized spacial score (nSPS) is 10.8. The molecule has 0 aliphatic heterocycles. The number of rotatable bonds is 5. The van der Waals surface area contributed by atoms with E-state index in [2.05, 4.69) is 16.3 Å². The van der Waals surface area contributed by atoms with Crippen LogP contribution in [0.25, 0.3) is 0 Å². The molecule has 0 heterocycles. The van der Waals surface area contributed by atoms with Crippen molar-refractivity contribution in [3.8, 4) is 0 Å². The van der Waals surface area contributed by atoms with E-state index in [1.165, 1.54) is 17.7 Å². The molecular formula is C16H18F2N2. The van der Waals surface area contributed by atoms with Crippen LogP contribution in [0.1, 0.15) is 11.1 Å². The lowest BCUT2D eigenvalue weighted by Crippen LogP contribution is -2.13. The Morgan fingerprint density at radius 3 is 2.15 bits per heavy atom. The highest BCUT2D eigenvalue weighted by Gasteiger charge is 2.04. The van der Waals surface area contributed by atoms with Crippen molar-refractivity contribution in [3.05, 3.63) is 65.2 Å². The molecule has 4 heteroatoms. The van der Waals surface area contributed by atoms with E-state index in [1.807, 2.05) is 32.3 Å². The van der Waals surface area contributed by atoms with Gasteiger partial charge in [0.2, 0.25) is 0 Å². The number of halogens is 2. The van der Waals surface area contributed by atoms with E-state index in [-0.39, 0.29) is 0 Å². The van der Waals surface area contributed by atoms with Gasteiger partial charge in [0.15, 0.2) is 0 Å². The van der Waals surface area contributed by atoms with Crippen LogP contribution in [0.3, 0.4) is 0 Å². The quantitative estimate of drug-likeness (QED) is 0.897. The first-order chi connectivity index (χ1) is 9.54. The molecule has 20 heavy (non-hydrogen) atoms. The van der Waals surface area contributed by atoms with Gasteiger partial charge in [-0.2, -0.15) is 0 Å². The van der Waals surface area contributed by atoms with Crippen LogP contribution in [0.2, 0.25) is 0 Å². The number of benzene rings is 2. The van der Waals surface area contributed by atoms with Gasteiger partial charge in [0, 0.05) is 24.8 Å². The molecule has 0 aromatic heterocycles. The highest BCUT2D eigenvalue weighted by Crippen LogP contribution is 2.16. The lowest BCUT2D eigenvalue weighted by Gasteiger charge is -2.15. The minimum atomic E-state index is -0.575. The van der Waals surface area contributed by atoms with Gasteiger partial charge in [-0.15, -0.1) is 0 Å². The molecule has 0 aliphatic rings. The Balaban J connectivity index is 2.10. The SMILES string of the molecule is CN(C)Cc1ccccc1CNc1cc(F)cc(F)c1. The van der Waals surface area contributed by atoms with Crippen LogP contribution in [0.5, 0.6) is 0 Å². The average Bonchev–Trinajstić information content (AvgIpc) is 2.36. The van der Waals surface area contributed by atoms with Gasteiger partial charge in [-0.3, -0.25) is 0 Å². The van der Waals surface area contributed by atoms with Crippen LogP contribution in [0.4, 0.5) is 14.5 Å². The Morgan fingerprint density at radius 2 is 1.55 bits per heavy atom. The van der Waals surface area contributed by atoms with Crippen molar-refractivity contribution in [1.29, 1.82) is 0 Å². The fourth-order valence-electron chi connectivity index (χ4n) is 2.08. The smallest absolute Gasteiger partial charge is 0.128 e. The number of anilines is 1. The molecule has 0 fully saturated rings. The fraction of sp³-hybridized carbons (Fsp3) is 0.250. The maximum absolute atomic E-state index is 13.1. The molecule has 0 spiro atoms. The zero-order valence-corrected chi connectivity index (χ0v) is 11.7. The molecule has 2 aromatic rings. The molecule has 2 nitrogen and oxygen atoms in total. The number of nitrogens with one attached hydrogen (secondary N) is 1. The van der Waals surface area contributed by atoms with Gasteiger partial charge < -0.3 is 10.2 Å². The highest BCUT2D eigenvalue weighted by atomic mass is 19.1. The second-order valence-corrected chi connectivity index (χ2v) is 5.02. The van der Waals surface area contributed by atoms with Gasteiger partial charge in [-0.25, -0.2) is 8.78 Å². The van der Waals surface area contributed by atoms with Crippen molar-refractivity contribution in [2.75, 3.05) is 19.4 Å². The van der Waals surface area contributed by atoms with Crippen LogP contribution in [-0.4, -0.2) is 19.0 Å². The van der Waals surface area contributed by atoms with Gasteiger partial charge in [0.1, 0.15) is 11.6 Å². The van der Waals surface area contributed by atoms with Crippen LogP contribution < -0.4 is 5.32 Å². The third-order valence-electron chi connectivity index (χ3n) is 2.95. The summed E-state index contributed by atoms with van der Waals surface area (Å²) in [4.78, 5) is 2.08. The van der Waals surface area contributed by atoms with E-state index in [0.29, 0.717) is 12.2 Å². The largest absolute Gasteiger partial charge is 0.381 e. The Bertz CT molecular complexity index is 562. The number of nitrogens with zero attached hydrogens (tertiary/aromatic N) is 1. The van der Waals surface area contributed by atoms with Crippen molar-refractivity contribution < 1.29 is 8.78 Å². The predicted molar refractivity (Wildman–Crippen MR) is 77.5 cm³/mol. The van der Waals surface area contributed by atoms with E-state index >= 15 is 0 Å². The Labute approximate surface area is 118 Å². The summed E-state index contributed by atoms with van der Waals surface area (Å²) in [5, 5.41) is 3.06. The van der Waals surface area contributed by atoms with Crippen LogP contribution >= 0.6 is 0 Å². The van der Waals surface area contributed by atoms with Gasteiger partial charge >= 0.3 is 0 Å².